The summed E-state index contributed by atoms with van der Waals surface area (Å²) in [6.45, 7) is 7.12. The molecule has 2 heteroatoms. The Hall–Kier alpha value is -0.520. The van der Waals surface area contributed by atoms with Gasteiger partial charge in [0.05, 0.1) is 0 Å². The molecule has 0 saturated carbocycles. The van der Waals surface area contributed by atoms with Crippen LogP contribution in [0.5, 0.6) is 0 Å². The molecule has 0 spiro atoms. The van der Waals surface area contributed by atoms with E-state index in [1.165, 1.54) is 38.8 Å². The second-order valence-corrected chi connectivity index (χ2v) is 4.79. The van der Waals surface area contributed by atoms with Crippen LogP contribution in [-0.2, 0) is 0 Å². The van der Waals surface area contributed by atoms with Gasteiger partial charge in [-0.3, -0.25) is 0 Å². The molecule has 0 aromatic carbocycles. The van der Waals surface area contributed by atoms with Crippen molar-refractivity contribution in [2.45, 2.75) is 51.5 Å². The topological polar surface area (TPSA) is 15.3 Å². The van der Waals surface area contributed by atoms with E-state index in [-0.39, 0.29) is 0 Å². The quantitative estimate of drug-likeness (QED) is 0.525. The Bertz CT molecular complexity index is 207. The van der Waals surface area contributed by atoms with Gasteiger partial charge in [-0.15, -0.1) is 12.3 Å². The van der Waals surface area contributed by atoms with Crippen molar-refractivity contribution in [2.75, 3.05) is 26.2 Å². The minimum atomic E-state index is 0.801. The summed E-state index contributed by atoms with van der Waals surface area (Å²) < 4.78 is 0. The summed E-state index contributed by atoms with van der Waals surface area (Å²) in [5, 5.41) is 3.45. The van der Waals surface area contributed by atoms with Crippen molar-refractivity contribution < 1.29 is 0 Å². The first kappa shape index (κ1) is 13.5. The van der Waals surface area contributed by atoms with E-state index in [4.69, 9.17) is 6.42 Å². The highest BCUT2D eigenvalue weighted by Crippen LogP contribution is 2.15. The number of nitrogens with zero attached hydrogens (tertiary/aromatic N) is 1. The SMILES string of the molecule is C#CCCCNCCCN1CCCCC1C. The molecule has 0 aromatic heterocycles. The van der Waals surface area contributed by atoms with Gasteiger partial charge in [0.1, 0.15) is 0 Å². The van der Waals surface area contributed by atoms with Gasteiger partial charge >= 0.3 is 0 Å². The molecule has 0 aliphatic carbocycles. The van der Waals surface area contributed by atoms with Gasteiger partial charge in [0.15, 0.2) is 0 Å². The fourth-order valence-corrected chi connectivity index (χ4v) is 2.34. The lowest BCUT2D eigenvalue weighted by atomic mass is 10.0. The molecule has 1 rings (SSSR count). The maximum Gasteiger partial charge on any atom is 0.00981 e. The number of hydrogen-bond donors (Lipinski definition) is 1. The van der Waals surface area contributed by atoms with Crippen LogP contribution in [0.1, 0.15) is 45.4 Å². The molecule has 0 aromatic rings. The summed E-state index contributed by atoms with van der Waals surface area (Å²) in [7, 11) is 0. The normalized spacial score (nSPS) is 21.9. The van der Waals surface area contributed by atoms with E-state index in [2.05, 4.69) is 23.1 Å². The number of unbranched alkanes of at least 4 members (excludes halogenated alkanes) is 1. The van der Waals surface area contributed by atoms with Crippen molar-refractivity contribution in [2.24, 2.45) is 0 Å². The number of hydrogen-bond acceptors (Lipinski definition) is 2. The Morgan fingerprint density at radius 3 is 2.88 bits per heavy atom. The largest absolute Gasteiger partial charge is 0.317 e. The number of piperidine rings is 1. The zero-order chi connectivity index (χ0) is 11.6. The average molecular weight is 222 g/mol. The second-order valence-electron chi connectivity index (χ2n) is 4.79. The summed E-state index contributed by atoms with van der Waals surface area (Å²) in [5.41, 5.74) is 0. The molecule has 0 radical (unpaired) electrons. The van der Waals surface area contributed by atoms with Gasteiger partial charge in [-0.25, -0.2) is 0 Å². The first-order chi connectivity index (χ1) is 7.84. The van der Waals surface area contributed by atoms with Crippen molar-refractivity contribution in [3.8, 4) is 12.3 Å². The molecule has 1 fully saturated rings. The van der Waals surface area contributed by atoms with Crippen LogP contribution < -0.4 is 5.32 Å². The minimum Gasteiger partial charge on any atom is -0.317 e. The van der Waals surface area contributed by atoms with E-state index < -0.39 is 0 Å². The molecule has 16 heavy (non-hydrogen) atoms. The number of nitrogens with one attached hydrogen (secondary N) is 1. The highest BCUT2D eigenvalue weighted by molar-refractivity contribution is 4.83. The molecule has 1 aliphatic heterocycles. The Balaban J connectivity index is 1.92. The van der Waals surface area contributed by atoms with Crippen LogP contribution in [0.2, 0.25) is 0 Å². The van der Waals surface area contributed by atoms with E-state index in [1.54, 1.807) is 0 Å². The van der Waals surface area contributed by atoms with Crippen molar-refractivity contribution in [3.05, 3.63) is 0 Å². The van der Waals surface area contributed by atoms with Gasteiger partial charge in [-0.1, -0.05) is 6.42 Å². The highest BCUT2D eigenvalue weighted by atomic mass is 15.2. The first-order valence-corrected chi connectivity index (χ1v) is 6.73. The zero-order valence-electron chi connectivity index (χ0n) is 10.7. The average Bonchev–Trinajstić information content (AvgIpc) is 2.30. The predicted octanol–water partition coefficient (Wildman–Crippen LogP) is 2.25. The van der Waals surface area contributed by atoms with Crippen LogP contribution in [0.15, 0.2) is 0 Å². The summed E-state index contributed by atoms with van der Waals surface area (Å²) in [6, 6.07) is 0.801. The van der Waals surface area contributed by atoms with E-state index in [1.807, 2.05) is 0 Å². The van der Waals surface area contributed by atoms with Crippen molar-refractivity contribution in [1.29, 1.82) is 0 Å². The predicted molar refractivity (Wildman–Crippen MR) is 70.4 cm³/mol. The molecule has 1 unspecified atom stereocenters. The monoisotopic (exact) mass is 222 g/mol. The van der Waals surface area contributed by atoms with E-state index in [0.29, 0.717) is 0 Å². The Kier molecular flexibility index (Phi) is 7.29. The summed E-state index contributed by atoms with van der Waals surface area (Å²) >= 11 is 0. The van der Waals surface area contributed by atoms with Crippen LogP contribution in [0.3, 0.4) is 0 Å². The molecule has 0 bridgehead atoms. The van der Waals surface area contributed by atoms with Gasteiger partial charge in [0.2, 0.25) is 0 Å². The molecular formula is C14H26N2. The summed E-state index contributed by atoms with van der Waals surface area (Å²) in [5.74, 6) is 2.67. The molecule has 92 valence electrons. The third kappa shape index (κ3) is 5.53. The molecule has 1 heterocycles. The van der Waals surface area contributed by atoms with Crippen molar-refractivity contribution >= 4 is 0 Å². The van der Waals surface area contributed by atoms with Gasteiger partial charge in [0, 0.05) is 12.5 Å². The maximum atomic E-state index is 5.20. The zero-order valence-corrected chi connectivity index (χ0v) is 10.7. The maximum absolute atomic E-state index is 5.20. The third-order valence-electron chi connectivity index (χ3n) is 3.41. The molecule has 2 nitrogen and oxygen atoms in total. The van der Waals surface area contributed by atoms with E-state index >= 15 is 0 Å². The minimum absolute atomic E-state index is 0.801. The molecule has 1 aliphatic rings. The Labute approximate surface area is 101 Å². The second kappa shape index (κ2) is 8.61. The van der Waals surface area contributed by atoms with Crippen LogP contribution in [0, 0.1) is 12.3 Å². The van der Waals surface area contributed by atoms with Crippen LogP contribution in [-0.4, -0.2) is 37.1 Å². The van der Waals surface area contributed by atoms with Crippen molar-refractivity contribution in [3.63, 3.8) is 0 Å². The summed E-state index contributed by atoms with van der Waals surface area (Å²) in [4.78, 5) is 2.63. The highest BCUT2D eigenvalue weighted by Gasteiger charge is 2.16. The Morgan fingerprint density at radius 1 is 1.31 bits per heavy atom. The fraction of sp³-hybridized carbons (Fsp3) is 0.857. The standard InChI is InChI=1S/C14H26N2/c1-3-4-6-10-15-11-8-13-16-12-7-5-9-14(16)2/h1,14-15H,4-13H2,2H3. The number of terminal acetylenes is 1. The molecule has 1 N–H and O–H groups in total. The smallest absolute Gasteiger partial charge is 0.00981 e. The summed E-state index contributed by atoms with van der Waals surface area (Å²) in [6.07, 6.45) is 12.7. The third-order valence-corrected chi connectivity index (χ3v) is 3.41. The molecule has 1 atom stereocenters. The lowest BCUT2D eigenvalue weighted by Crippen LogP contribution is -2.38. The van der Waals surface area contributed by atoms with Crippen LogP contribution in [0.4, 0.5) is 0 Å². The number of likely N-dealkylation sites (tertiary alicyclic amines) is 1. The van der Waals surface area contributed by atoms with E-state index in [0.717, 1.165) is 32.0 Å². The fourth-order valence-electron chi connectivity index (χ4n) is 2.34. The van der Waals surface area contributed by atoms with Crippen LogP contribution >= 0.6 is 0 Å². The van der Waals surface area contributed by atoms with Crippen molar-refractivity contribution in [1.82, 2.24) is 10.2 Å². The first-order valence-electron chi connectivity index (χ1n) is 6.73. The lowest BCUT2D eigenvalue weighted by molar-refractivity contribution is 0.159. The number of rotatable bonds is 7. The molecule has 0 amide bonds. The Morgan fingerprint density at radius 2 is 2.12 bits per heavy atom. The van der Waals surface area contributed by atoms with Crippen LogP contribution in [0.25, 0.3) is 0 Å². The lowest BCUT2D eigenvalue weighted by Gasteiger charge is -2.33. The van der Waals surface area contributed by atoms with Gasteiger partial charge in [-0.05, 0) is 58.8 Å². The van der Waals surface area contributed by atoms with Gasteiger partial charge < -0.3 is 10.2 Å². The van der Waals surface area contributed by atoms with Gasteiger partial charge in [0.25, 0.3) is 0 Å². The van der Waals surface area contributed by atoms with E-state index in [9.17, 15) is 0 Å². The molecule has 1 saturated heterocycles. The van der Waals surface area contributed by atoms with Gasteiger partial charge in [-0.2, -0.15) is 0 Å². The molecular weight excluding hydrogens is 196 g/mol.